The average molecular weight is 311 g/mol. The Kier molecular flexibility index (Phi) is 5.21. The Morgan fingerprint density at radius 2 is 1.87 bits per heavy atom. The van der Waals surface area contributed by atoms with Crippen molar-refractivity contribution in [2.45, 2.75) is 25.9 Å². The van der Waals surface area contributed by atoms with E-state index in [0.717, 1.165) is 37.3 Å². The highest BCUT2D eigenvalue weighted by atomic mass is 16.6. The summed E-state index contributed by atoms with van der Waals surface area (Å²) < 4.78 is 0. The van der Waals surface area contributed by atoms with Crippen molar-refractivity contribution in [2.24, 2.45) is 0 Å². The fraction of sp³-hybridized carbons (Fsp3) is 0.333. The molecule has 120 valence electrons. The van der Waals surface area contributed by atoms with Crippen molar-refractivity contribution in [1.29, 1.82) is 0 Å². The quantitative estimate of drug-likeness (QED) is 0.863. The molecule has 0 atom stereocenters. The molecule has 1 N–H and O–H groups in total. The number of hydroxylamine groups is 1. The number of nitrogens with one attached hydrogen (secondary N) is 1. The lowest BCUT2D eigenvalue weighted by Crippen LogP contribution is -2.33. The van der Waals surface area contributed by atoms with Crippen LogP contribution >= 0.6 is 0 Å². The van der Waals surface area contributed by atoms with Crippen LogP contribution in [0.15, 0.2) is 48.7 Å². The van der Waals surface area contributed by atoms with Crippen LogP contribution in [-0.4, -0.2) is 24.0 Å². The number of hydrogen-bond donors (Lipinski definition) is 1. The lowest BCUT2D eigenvalue weighted by molar-refractivity contribution is 0.0233. The van der Waals surface area contributed by atoms with Gasteiger partial charge >= 0.3 is 0 Å². The highest BCUT2D eigenvalue weighted by Crippen LogP contribution is 2.21. The molecule has 0 bridgehead atoms. The predicted molar refractivity (Wildman–Crippen MR) is 89.0 cm³/mol. The van der Waals surface area contributed by atoms with Crippen LogP contribution < -0.4 is 10.4 Å². The molecule has 3 rings (SSSR count). The lowest BCUT2D eigenvalue weighted by atomic mass is 10.1. The van der Waals surface area contributed by atoms with Gasteiger partial charge in [0.05, 0.1) is 12.2 Å². The summed E-state index contributed by atoms with van der Waals surface area (Å²) in [7, 11) is 0. The standard InChI is InChI=1S/C18H21N3O2/c22-18(20-23-14-15-8-3-1-4-9-15)16-10-7-11-19-17(16)21-12-5-2-6-13-21/h1,3-4,7-11H,2,5-6,12-14H2,(H,20,22). The Morgan fingerprint density at radius 3 is 2.65 bits per heavy atom. The van der Waals surface area contributed by atoms with Gasteiger partial charge in [-0.25, -0.2) is 10.5 Å². The molecular formula is C18H21N3O2. The number of rotatable bonds is 5. The first-order valence-electron chi connectivity index (χ1n) is 8.00. The highest BCUT2D eigenvalue weighted by Gasteiger charge is 2.19. The molecule has 0 radical (unpaired) electrons. The van der Waals surface area contributed by atoms with E-state index in [-0.39, 0.29) is 5.91 Å². The largest absolute Gasteiger partial charge is 0.356 e. The van der Waals surface area contributed by atoms with Gasteiger partial charge in [0.2, 0.25) is 0 Å². The minimum Gasteiger partial charge on any atom is -0.356 e. The first kappa shape index (κ1) is 15.5. The van der Waals surface area contributed by atoms with Gasteiger partial charge in [0.1, 0.15) is 5.82 Å². The van der Waals surface area contributed by atoms with E-state index < -0.39 is 0 Å². The number of pyridine rings is 1. The molecule has 1 amide bonds. The molecule has 1 saturated heterocycles. The van der Waals surface area contributed by atoms with Crippen LogP contribution in [0.4, 0.5) is 5.82 Å². The summed E-state index contributed by atoms with van der Waals surface area (Å²) in [4.78, 5) is 24.3. The Labute approximate surface area is 136 Å². The summed E-state index contributed by atoms with van der Waals surface area (Å²) in [6, 6.07) is 13.3. The summed E-state index contributed by atoms with van der Waals surface area (Å²) in [6.07, 6.45) is 5.25. The van der Waals surface area contributed by atoms with Crippen LogP contribution in [-0.2, 0) is 11.4 Å². The minimum atomic E-state index is -0.255. The zero-order chi connectivity index (χ0) is 15.9. The van der Waals surface area contributed by atoms with Crippen LogP contribution in [0, 0.1) is 0 Å². The summed E-state index contributed by atoms with van der Waals surface area (Å²) >= 11 is 0. The maximum atomic E-state index is 12.4. The summed E-state index contributed by atoms with van der Waals surface area (Å²) in [5.41, 5.74) is 4.09. The van der Waals surface area contributed by atoms with Crippen LogP contribution in [0.25, 0.3) is 0 Å². The number of carbonyl (C=O) groups excluding carboxylic acids is 1. The summed E-state index contributed by atoms with van der Waals surface area (Å²) in [6.45, 7) is 2.23. The van der Waals surface area contributed by atoms with Crippen molar-refractivity contribution in [1.82, 2.24) is 10.5 Å². The zero-order valence-corrected chi connectivity index (χ0v) is 13.1. The molecule has 2 aromatic rings. The third kappa shape index (κ3) is 4.07. The Hall–Kier alpha value is -2.40. The van der Waals surface area contributed by atoms with E-state index in [0.29, 0.717) is 12.2 Å². The first-order valence-corrected chi connectivity index (χ1v) is 8.00. The van der Waals surface area contributed by atoms with Gasteiger partial charge in [-0.1, -0.05) is 30.3 Å². The fourth-order valence-corrected chi connectivity index (χ4v) is 2.75. The highest BCUT2D eigenvalue weighted by molar-refractivity contribution is 5.98. The first-order chi connectivity index (χ1) is 11.3. The SMILES string of the molecule is O=C(NOCc1ccccc1)c1cccnc1N1CCCCC1. The normalized spacial score (nSPS) is 14.5. The summed E-state index contributed by atoms with van der Waals surface area (Å²) in [5.74, 6) is 0.489. The molecule has 5 heteroatoms. The minimum absolute atomic E-state index is 0.255. The second-order valence-corrected chi connectivity index (χ2v) is 5.63. The van der Waals surface area contributed by atoms with Gasteiger partial charge < -0.3 is 4.90 Å². The van der Waals surface area contributed by atoms with Gasteiger partial charge in [-0.3, -0.25) is 9.63 Å². The van der Waals surface area contributed by atoms with Crippen molar-refractivity contribution in [3.8, 4) is 0 Å². The zero-order valence-electron chi connectivity index (χ0n) is 13.1. The van der Waals surface area contributed by atoms with E-state index in [1.54, 1.807) is 18.3 Å². The second kappa shape index (κ2) is 7.74. The Balaban J connectivity index is 1.62. The second-order valence-electron chi connectivity index (χ2n) is 5.63. The average Bonchev–Trinajstić information content (AvgIpc) is 2.63. The molecule has 1 aromatic carbocycles. The monoisotopic (exact) mass is 311 g/mol. The smallest absolute Gasteiger partial charge is 0.278 e. The number of nitrogens with zero attached hydrogens (tertiary/aromatic N) is 2. The number of anilines is 1. The fourth-order valence-electron chi connectivity index (χ4n) is 2.75. The third-order valence-electron chi connectivity index (χ3n) is 3.93. The Morgan fingerprint density at radius 1 is 1.09 bits per heavy atom. The van der Waals surface area contributed by atoms with Crippen LogP contribution in [0.3, 0.4) is 0 Å². The molecule has 1 aliphatic rings. The number of benzene rings is 1. The van der Waals surface area contributed by atoms with Crippen molar-refractivity contribution < 1.29 is 9.63 Å². The van der Waals surface area contributed by atoms with Crippen molar-refractivity contribution in [2.75, 3.05) is 18.0 Å². The molecular weight excluding hydrogens is 290 g/mol. The number of hydrogen-bond acceptors (Lipinski definition) is 4. The van der Waals surface area contributed by atoms with Gasteiger partial charge in [-0.2, -0.15) is 0 Å². The van der Waals surface area contributed by atoms with Gasteiger partial charge in [0.25, 0.3) is 5.91 Å². The molecule has 0 saturated carbocycles. The molecule has 1 fully saturated rings. The van der Waals surface area contributed by atoms with Crippen molar-refractivity contribution in [3.05, 3.63) is 59.8 Å². The van der Waals surface area contributed by atoms with Crippen molar-refractivity contribution in [3.63, 3.8) is 0 Å². The topological polar surface area (TPSA) is 54.5 Å². The van der Waals surface area contributed by atoms with Gasteiger partial charge in [0.15, 0.2) is 0 Å². The molecule has 23 heavy (non-hydrogen) atoms. The molecule has 5 nitrogen and oxygen atoms in total. The van der Waals surface area contributed by atoms with E-state index in [2.05, 4.69) is 15.4 Å². The maximum absolute atomic E-state index is 12.4. The molecule has 0 spiro atoms. The third-order valence-corrected chi connectivity index (χ3v) is 3.93. The number of piperidine rings is 1. The van der Waals surface area contributed by atoms with E-state index in [1.165, 1.54) is 6.42 Å². The van der Waals surface area contributed by atoms with Gasteiger partial charge in [0, 0.05) is 19.3 Å². The molecule has 1 aliphatic heterocycles. The van der Waals surface area contributed by atoms with E-state index in [4.69, 9.17) is 4.84 Å². The van der Waals surface area contributed by atoms with Gasteiger partial charge in [-0.05, 0) is 37.0 Å². The molecule has 2 heterocycles. The Bertz CT molecular complexity index is 640. The summed E-state index contributed by atoms with van der Waals surface area (Å²) in [5, 5.41) is 0. The lowest BCUT2D eigenvalue weighted by Gasteiger charge is -2.28. The van der Waals surface area contributed by atoms with E-state index in [9.17, 15) is 4.79 Å². The molecule has 1 aromatic heterocycles. The number of amides is 1. The number of aromatic nitrogens is 1. The maximum Gasteiger partial charge on any atom is 0.278 e. The number of carbonyl (C=O) groups is 1. The van der Waals surface area contributed by atoms with E-state index in [1.807, 2.05) is 30.3 Å². The predicted octanol–water partition coefficient (Wildman–Crippen LogP) is 2.93. The van der Waals surface area contributed by atoms with Crippen LogP contribution in [0.2, 0.25) is 0 Å². The van der Waals surface area contributed by atoms with Crippen LogP contribution in [0.1, 0.15) is 35.2 Å². The van der Waals surface area contributed by atoms with Gasteiger partial charge in [-0.15, -0.1) is 0 Å². The van der Waals surface area contributed by atoms with E-state index >= 15 is 0 Å². The molecule has 0 unspecified atom stereocenters. The molecule has 0 aliphatic carbocycles. The van der Waals surface area contributed by atoms with Crippen molar-refractivity contribution >= 4 is 11.7 Å². The van der Waals surface area contributed by atoms with Crippen LogP contribution in [0.5, 0.6) is 0 Å².